The monoisotopic (exact) mass is 392 g/mol. The van der Waals surface area contributed by atoms with Crippen molar-refractivity contribution in [3.05, 3.63) is 23.8 Å². The molecule has 28 heavy (non-hydrogen) atoms. The highest BCUT2D eigenvalue weighted by Gasteiger charge is 2.28. The zero-order chi connectivity index (χ0) is 20.5. The van der Waals surface area contributed by atoms with Crippen LogP contribution in [0.3, 0.4) is 0 Å². The van der Waals surface area contributed by atoms with Gasteiger partial charge in [-0.25, -0.2) is 0 Å². The highest BCUT2D eigenvalue weighted by molar-refractivity contribution is 5.99. The van der Waals surface area contributed by atoms with Gasteiger partial charge in [-0.05, 0) is 31.9 Å². The molecule has 0 radical (unpaired) electrons. The normalized spacial score (nSPS) is 14.3. The molecule has 1 aliphatic rings. The molecule has 154 valence electrons. The lowest BCUT2D eigenvalue weighted by Crippen LogP contribution is -2.46. The molecule has 0 saturated carbocycles. The minimum atomic E-state index is -0.371. The molecule has 2 rings (SSSR count). The third kappa shape index (κ3) is 5.61. The van der Waals surface area contributed by atoms with Crippen molar-refractivity contribution in [3.63, 3.8) is 0 Å². The van der Waals surface area contributed by atoms with Crippen LogP contribution in [0.1, 0.15) is 43.0 Å². The van der Waals surface area contributed by atoms with Gasteiger partial charge in [0.15, 0.2) is 0 Å². The van der Waals surface area contributed by atoms with Gasteiger partial charge in [0.2, 0.25) is 5.91 Å². The van der Waals surface area contributed by atoms with E-state index in [-0.39, 0.29) is 36.7 Å². The van der Waals surface area contributed by atoms with E-state index in [9.17, 15) is 14.4 Å². The van der Waals surface area contributed by atoms with Crippen LogP contribution in [0, 0.1) is 0 Å². The molecule has 0 aliphatic carbocycles. The van der Waals surface area contributed by atoms with Crippen molar-refractivity contribution >= 4 is 17.8 Å². The molecule has 0 unspecified atom stereocenters. The van der Waals surface area contributed by atoms with Crippen LogP contribution in [0.5, 0.6) is 11.5 Å². The average molecular weight is 392 g/mol. The Balaban J connectivity index is 1.88. The van der Waals surface area contributed by atoms with Crippen LogP contribution in [0.4, 0.5) is 0 Å². The van der Waals surface area contributed by atoms with Gasteiger partial charge in [0.25, 0.3) is 5.91 Å². The molecule has 1 fully saturated rings. The molecule has 8 heteroatoms. The lowest BCUT2D eigenvalue weighted by Gasteiger charge is -2.33. The summed E-state index contributed by atoms with van der Waals surface area (Å²) in [5.74, 6) is 0.243. The number of nitrogens with zero attached hydrogens (tertiary/aromatic N) is 1. The maximum absolute atomic E-state index is 13.0. The van der Waals surface area contributed by atoms with Crippen LogP contribution in [0.2, 0.25) is 0 Å². The zero-order valence-electron chi connectivity index (χ0n) is 16.7. The highest BCUT2D eigenvalue weighted by Crippen LogP contribution is 2.30. The van der Waals surface area contributed by atoms with Crippen LogP contribution < -0.4 is 14.8 Å². The summed E-state index contributed by atoms with van der Waals surface area (Å²) in [6.45, 7) is 3.07. The van der Waals surface area contributed by atoms with Gasteiger partial charge in [0.05, 0.1) is 27.2 Å². The molecule has 0 aromatic heterocycles. The Hall–Kier alpha value is -2.77. The lowest BCUT2D eigenvalue weighted by molar-refractivity contribution is -0.144. The first kappa shape index (κ1) is 21.5. The number of hydrogen-bond donors (Lipinski definition) is 1. The van der Waals surface area contributed by atoms with Crippen molar-refractivity contribution in [1.29, 1.82) is 0 Å². The number of carbonyl (C=O) groups is 3. The van der Waals surface area contributed by atoms with Crippen molar-refractivity contribution in [2.45, 2.75) is 38.6 Å². The number of esters is 1. The molecule has 0 bridgehead atoms. The molecular weight excluding hydrogens is 364 g/mol. The number of piperidine rings is 1. The first-order valence-electron chi connectivity index (χ1n) is 9.45. The first-order chi connectivity index (χ1) is 13.5. The number of rotatable bonds is 8. The Morgan fingerprint density at radius 3 is 2.21 bits per heavy atom. The predicted octanol–water partition coefficient (Wildman–Crippen LogP) is 1.77. The van der Waals surface area contributed by atoms with Gasteiger partial charge in [-0.15, -0.1) is 0 Å². The van der Waals surface area contributed by atoms with E-state index in [0.29, 0.717) is 49.6 Å². The number of hydrogen-bond acceptors (Lipinski definition) is 6. The van der Waals surface area contributed by atoms with Gasteiger partial charge in [0.1, 0.15) is 17.1 Å². The zero-order valence-corrected chi connectivity index (χ0v) is 16.7. The highest BCUT2D eigenvalue weighted by atomic mass is 16.5. The van der Waals surface area contributed by atoms with Gasteiger partial charge >= 0.3 is 5.97 Å². The number of nitrogens with one attached hydrogen (secondary N) is 1. The number of carbonyl (C=O) groups excluding carboxylic acids is 3. The van der Waals surface area contributed by atoms with Gasteiger partial charge in [-0.3, -0.25) is 14.4 Å². The Labute approximate surface area is 165 Å². The van der Waals surface area contributed by atoms with E-state index in [0.717, 1.165) is 0 Å². The topological polar surface area (TPSA) is 94.2 Å². The van der Waals surface area contributed by atoms with Gasteiger partial charge in [0, 0.05) is 25.6 Å². The van der Waals surface area contributed by atoms with Crippen LogP contribution in [0.15, 0.2) is 18.2 Å². The summed E-state index contributed by atoms with van der Waals surface area (Å²) in [5, 5.41) is 2.93. The number of benzene rings is 1. The Morgan fingerprint density at radius 2 is 1.68 bits per heavy atom. The summed E-state index contributed by atoms with van der Waals surface area (Å²) < 4.78 is 15.4. The van der Waals surface area contributed by atoms with Gasteiger partial charge < -0.3 is 24.4 Å². The summed E-state index contributed by atoms with van der Waals surface area (Å²) in [7, 11) is 3.03. The second-order valence-electron chi connectivity index (χ2n) is 6.48. The van der Waals surface area contributed by atoms with Gasteiger partial charge in [-0.1, -0.05) is 6.07 Å². The van der Waals surface area contributed by atoms with Crippen LogP contribution in [-0.2, 0) is 14.3 Å². The van der Waals surface area contributed by atoms with Crippen molar-refractivity contribution in [2.75, 3.05) is 33.9 Å². The molecule has 1 heterocycles. The lowest BCUT2D eigenvalue weighted by atomic mass is 10.0. The summed E-state index contributed by atoms with van der Waals surface area (Å²) in [6, 6.07) is 5.21. The number of likely N-dealkylation sites (tertiary alicyclic amines) is 1. The minimum Gasteiger partial charge on any atom is -0.496 e. The summed E-state index contributed by atoms with van der Waals surface area (Å²) in [6.07, 6.45) is 1.48. The fraction of sp³-hybridized carbons (Fsp3) is 0.550. The van der Waals surface area contributed by atoms with Crippen LogP contribution >= 0.6 is 0 Å². The van der Waals surface area contributed by atoms with E-state index in [1.807, 2.05) is 0 Å². The predicted molar refractivity (Wildman–Crippen MR) is 102 cm³/mol. The fourth-order valence-electron chi connectivity index (χ4n) is 3.20. The number of amides is 2. The number of ether oxygens (including phenoxy) is 3. The molecule has 0 spiro atoms. The largest absolute Gasteiger partial charge is 0.496 e. The van der Waals surface area contributed by atoms with E-state index in [2.05, 4.69) is 5.32 Å². The summed E-state index contributed by atoms with van der Waals surface area (Å²) >= 11 is 0. The Bertz CT molecular complexity index is 676. The first-order valence-corrected chi connectivity index (χ1v) is 9.45. The summed E-state index contributed by atoms with van der Waals surface area (Å²) in [5.41, 5.74) is 0.407. The van der Waals surface area contributed by atoms with E-state index in [1.165, 1.54) is 14.2 Å². The standard InChI is InChI=1S/C20H28N2O6/c1-4-28-18(24)9-8-17(23)21-14-10-12-22(13-11-14)20(25)19-15(26-2)6-5-7-16(19)27-3/h5-7,14H,4,8-13H2,1-3H3,(H,21,23). The molecule has 0 atom stereocenters. The van der Waals surface area contributed by atoms with Crippen molar-refractivity contribution in [2.24, 2.45) is 0 Å². The molecular formula is C20H28N2O6. The summed E-state index contributed by atoms with van der Waals surface area (Å²) in [4.78, 5) is 38.0. The SMILES string of the molecule is CCOC(=O)CCC(=O)NC1CCN(C(=O)c2c(OC)cccc2OC)CC1. The maximum Gasteiger partial charge on any atom is 0.306 e. The fourth-order valence-corrected chi connectivity index (χ4v) is 3.20. The second-order valence-corrected chi connectivity index (χ2v) is 6.48. The van der Waals surface area contributed by atoms with Gasteiger partial charge in [-0.2, -0.15) is 0 Å². The third-order valence-electron chi connectivity index (χ3n) is 4.65. The van der Waals surface area contributed by atoms with Crippen LogP contribution in [0.25, 0.3) is 0 Å². The van der Waals surface area contributed by atoms with E-state index in [4.69, 9.17) is 14.2 Å². The van der Waals surface area contributed by atoms with Crippen molar-refractivity contribution in [1.82, 2.24) is 10.2 Å². The maximum atomic E-state index is 13.0. The molecule has 1 saturated heterocycles. The molecule has 8 nitrogen and oxygen atoms in total. The van der Waals surface area contributed by atoms with Crippen molar-refractivity contribution in [3.8, 4) is 11.5 Å². The molecule has 1 aromatic carbocycles. The number of methoxy groups -OCH3 is 2. The van der Waals surface area contributed by atoms with Crippen LogP contribution in [-0.4, -0.2) is 62.6 Å². The third-order valence-corrected chi connectivity index (χ3v) is 4.65. The van der Waals surface area contributed by atoms with E-state index < -0.39 is 0 Å². The van der Waals surface area contributed by atoms with Crippen molar-refractivity contribution < 1.29 is 28.6 Å². The molecule has 2 amide bonds. The quantitative estimate of drug-likeness (QED) is 0.678. The van der Waals surface area contributed by atoms with E-state index in [1.54, 1.807) is 30.0 Å². The Morgan fingerprint density at radius 1 is 1.07 bits per heavy atom. The molecule has 1 N–H and O–H groups in total. The second kappa shape index (κ2) is 10.5. The molecule has 1 aromatic rings. The average Bonchev–Trinajstić information content (AvgIpc) is 2.71. The van der Waals surface area contributed by atoms with E-state index >= 15 is 0 Å². The Kier molecular flexibility index (Phi) is 8.10. The smallest absolute Gasteiger partial charge is 0.306 e. The minimum absolute atomic E-state index is 0.0155. The molecule has 1 aliphatic heterocycles.